The fraction of sp³-hybridized carbons (Fsp3) is 0.923. The minimum Gasteiger partial charge on any atom is -0.323 e. The van der Waals surface area contributed by atoms with Gasteiger partial charge in [0, 0.05) is 26.2 Å². The molecule has 2 heterocycles. The highest BCUT2D eigenvalue weighted by Gasteiger charge is 2.34. The summed E-state index contributed by atoms with van der Waals surface area (Å²) >= 11 is 0. The van der Waals surface area contributed by atoms with Crippen LogP contribution in [0, 0.1) is 11.8 Å². The lowest BCUT2D eigenvalue weighted by molar-refractivity contribution is 0.179. The van der Waals surface area contributed by atoms with Crippen molar-refractivity contribution < 1.29 is 4.79 Å². The molecule has 1 saturated carbocycles. The average molecular weight is 237 g/mol. The van der Waals surface area contributed by atoms with Gasteiger partial charge in [-0.05, 0) is 50.6 Å². The number of carbonyl (C=O) groups is 1. The number of carbonyl (C=O) groups excluding carboxylic acids is 1. The third-order valence-corrected chi connectivity index (χ3v) is 4.29. The van der Waals surface area contributed by atoms with Crippen molar-refractivity contribution in [2.45, 2.75) is 25.7 Å². The minimum absolute atomic E-state index is 0.301. The van der Waals surface area contributed by atoms with Crippen LogP contribution in [0.3, 0.4) is 0 Å². The first-order valence-electron chi connectivity index (χ1n) is 7.07. The van der Waals surface area contributed by atoms with Crippen molar-refractivity contribution in [3.8, 4) is 0 Å². The molecule has 3 fully saturated rings. The summed E-state index contributed by atoms with van der Waals surface area (Å²) in [5.41, 5.74) is 0. The molecule has 2 aliphatic heterocycles. The van der Waals surface area contributed by atoms with E-state index < -0.39 is 0 Å². The summed E-state index contributed by atoms with van der Waals surface area (Å²) in [4.78, 5) is 16.3. The number of urea groups is 1. The molecule has 4 nitrogen and oxygen atoms in total. The Labute approximate surface area is 103 Å². The Bertz CT molecular complexity index is 284. The van der Waals surface area contributed by atoms with Crippen molar-refractivity contribution in [3.63, 3.8) is 0 Å². The molecule has 0 aromatic rings. The highest BCUT2D eigenvalue weighted by Crippen LogP contribution is 2.31. The number of hydrogen-bond donors (Lipinski definition) is 1. The molecular weight excluding hydrogens is 214 g/mol. The maximum Gasteiger partial charge on any atom is 0.320 e. The van der Waals surface area contributed by atoms with Gasteiger partial charge in [0.15, 0.2) is 0 Å². The van der Waals surface area contributed by atoms with Gasteiger partial charge in [-0.3, -0.25) is 0 Å². The zero-order valence-corrected chi connectivity index (χ0v) is 10.5. The molecule has 3 aliphatic rings. The third-order valence-electron chi connectivity index (χ3n) is 4.29. The Morgan fingerprint density at radius 2 is 1.47 bits per heavy atom. The van der Waals surface area contributed by atoms with E-state index in [0.717, 1.165) is 51.1 Å². The zero-order chi connectivity index (χ0) is 11.7. The van der Waals surface area contributed by atoms with E-state index in [1.54, 1.807) is 0 Å². The summed E-state index contributed by atoms with van der Waals surface area (Å²) in [6.07, 6.45) is 5.12. The molecule has 0 atom stereocenters. The van der Waals surface area contributed by atoms with Crippen LogP contribution < -0.4 is 5.32 Å². The van der Waals surface area contributed by atoms with Crippen molar-refractivity contribution in [1.82, 2.24) is 15.1 Å². The van der Waals surface area contributed by atoms with Crippen molar-refractivity contribution in [2.24, 2.45) is 11.8 Å². The largest absolute Gasteiger partial charge is 0.323 e. The molecule has 1 aliphatic carbocycles. The lowest BCUT2D eigenvalue weighted by Crippen LogP contribution is -2.39. The Balaban J connectivity index is 1.48. The molecule has 0 aromatic heterocycles. The Morgan fingerprint density at radius 3 is 2.00 bits per heavy atom. The zero-order valence-electron chi connectivity index (χ0n) is 10.5. The smallest absolute Gasteiger partial charge is 0.320 e. The van der Waals surface area contributed by atoms with Crippen LogP contribution in [-0.4, -0.2) is 55.1 Å². The molecule has 2 saturated heterocycles. The van der Waals surface area contributed by atoms with Gasteiger partial charge in [-0.2, -0.15) is 0 Å². The fourth-order valence-electron chi connectivity index (χ4n) is 2.96. The van der Waals surface area contributed by atoms with Crippen LogP contribution in [-0.2, 0) is 0 Å². The summed E-state index contributed by atoms with van der Waals surface area (Å²) < 4.78 is 0. The van der Waals surface area contributed by atoms with E-state index in [2.05, 4.69) is 15.1 Å². The van der Waals surface area contributed by atoms with E-state index >= 15 is 0 Å². The topological polar surface area (TPSA) is 35.6 Å². The molecule has 0 radical (unpaired) electrons. The van der Waals surface area contributed by atoms with Crippen molar-refractivity contribution in [1.29, 1.82) is 0 Å². The molecule has 96 valence electrons. The molecule has 17 heavy (non-hydrogen) atoms. The Hall–Kier alpha value is -0.770. The van der Waals surface area contributed by atoms with Gasteiger partial charge in [-0.25, -0.2) is 4.79 Å². The SMILES string of the molecule is O=C1N(CC2CCNCC2)CCN1CC1CC1. The van der Waals surface area contributed by atoms with Crippen LogP contribution in [0.1, 0.15) is 25.7 Å². The average Bonchev–Trinajstić information content (AvgIpc) is 3.11. The van der Waals surface area contributed by atoms with Crippen LogP contribution in [0.25, 0.3) is 0 Å². The molecule has 0 unspecified atom stereocenters. The van der Waals surface area contributed by atoms with Crippen LogP contribution in [0.15, 0.2) is 0 Å². The van der Waals surface area contributed by atoms with Gasteiger partial charge in [0.05, 0.1) is 0 Å². The Morgan fingerprint density at radius 1 is 0.941 bits per heavy atom. The van der Waals surface area contributed by atoms with Crippen LogP contribution in [0.4, 0.5) is 4.79 Å². The first kappa shape index (κ1) is 11.3. The predicted molar refractivity (Wildman–Crippen MR) is 66.9 cm³/mol. The third kappa shape index (κ3) is 2.73. The van der Waals surface area contributed by atoms with Gasteiger partial charge in [-0.1, -0.05) is 0 Å². The summed E-state index contributed by atoms with van der Waals surface area (Å²) in [5.74, 6) is 1.54. The number of nitrogens with one attached hydrogen (secondary N) is 1. The van der Waals surface area contributed by atoms with Crippen LogP contribution in [0.5, 0.6) is 0 Å². The predicted octanol–water partition coefficient (Wildman–Crippen LogP) is 1.13. The quantitative estimate of drug-likeness (QED) is 0.795. The van der Waals surface area contributed by atoms with Gasteiger partial charge in [-0.15, -0.1) is 0 Å². The van der Waals surface area contributed by atoms with E-state index in [-0.39, 0.29) is 0 Å². The number of rotatable bonds is 4. The van der Waals surface area contributed by atoms with Gasteiger partial charge < -0.3 is 15.1 Å². The molecule has 2 amide bonds. The first-order valence-corrected chi connectivity index (χ1v) is 7.07. The second kappa shape index (κ2) is 4.84. The second-order valence-electron chi connectivity index (χ2n) is 5.81. The standard InChI is InChI=1S/C13H23N3O/c17-13-15(9-11-1-2-11)7-8-16(13)10-12-3-5-14-6-4-12/h11-12,14H,1-10H2. The van der Waals surface area contributed by atoms with E-state index in [1.807, 2.05) is 0 Å². The summed E-state index contributed by atoms with van der Waals surface area (Å²) in [7, 11) is 0. The Kier molecular flexibility index (Phi) is 3.23. The van der Waals surface area contributed by atoms with Crippen LogP contribution >= 0.6 is 0 Å². The van der Waals surface area contributed by atoms with Gasteiger partial charge >= 0.3 is 6.03 Å². The number of hydrogen-bond acceptors (Lipinski definition) is 2. The maximum atomic E-state index is 12.2. The minimum atomic E-state index is 0.301. The molecule has 3 rings (SSSR count). The highest BCUT2D eigenvalue weighted by atomic mass is 16.2. The van der Waals surface area contributed by atoms with Crippen LogP contribution in [0.2, 0.25) is 0 Å². The number of amides is 2. The molecule has 0 aromatic carbocycles. The molecule has 1 N–H and O–H groups in total. The summed E-state index contributed by atoms with van der Waals surface area (Å²) in [6, 6.07) is 0.301. The molecular formula is C13H23N3O. The number of piperidine rings is 1. The van der Waals surface area contributed by atoms with E-state index in [0.29, 0.717) is 6.03 Å². The van der Waals surface area contributed by atoms with Gasteiger partial charge in [0.25, 0.3) is 0 Å². The van der Waals surface area contributed by atoms with E-state index in [4.69, 9.17) is 0 Å². The summed E-state index contributed by atoms with van der Waals surface area (Å²) in [6.45, 7) is 6.16. The molecule has 0 spiro atoms. The maximum absolute atomic E-state index is 12.2. The first-order chi connectivity index (χ1) is 8.33. The summed E-state index contributed by atoms with van der Waals surface area (Å²) in [5, 5.41) is 3.38. The van der Waals surface area contributed by atoms with Crippen molar-refractivity contribution in [3.05, 3.63) is 0 Å². The lowest BCUT2D eigenvalue weighted by Gasteiger charge is -2.27. The molecule has 4 heteroatoms. The second-order valence-corrected chi connectivity index (χ2v) is 5.81. The monoisotopic (exact) mass is 237 g/mol. The van der Waals surface area contributed by atoms with Gasteiger partial charge in [0.2, 0.25) is 0 Å². The van der Waals surface area contributed by atoms with E-state index in [1.165, 1.54) is 25.7 Å². The van der Waals surface area contributed by atoms with Gasteiger partial charge in [0.1, 0.15) is 0 Å². The van der Waals surface area contributed by atoms with Crippen molar-refractivity contribution >= 4 is 6.03 Å². The fourth-order valence-corrected chi connectivity index (χ4v) is 2.96. The normalized spacial score (nSPS) is 26.9. The molecule has 0 bridgehead atoms. The van der Waals surface area contributed by atoms with E-state index in [9.17, 15) is 4.79 Å². The lowest BCUT2D eigenvalue weighted by atomic mass is 9.98. The van der Waals surface area contributed by atoms with Crippen molar-refractivity contribution in [2.75, 3.05) is 39.3 Å². The highest BCUT2D eigenvalue weighted by molar-refractivity contribution is 5.76. The number of nitrogens with zero attached hydrogens (tertiary/aromatic N) is 2.